The van der Waals surface area contributed by atoms with Crippen molar-refractivity contribution in [3.8, 4) is 0 Å². The van der Waals surface area contributed by atoms with E-state index in [1.807, 2.05) is 24.3 Å². The summed E-state index contributed by atoms with van der Waals surface area (Å²) in [5, 5.41) is 3.45. The number of benzene rings is 2. The van der Waals surface area contributed by atoms with Crippen molar-refractivity contribution in [3.63, 3.8) is 0 Å². The van der Waals surface area contributed by atoms with Gasteiger partial charge < -0.3 is 19.9 Å². The number of hydrogen-bond acceptors (Lipinski definition) is 4. The summed E-state index contributed by atoms with van der Waals surface area (Å²) in [4.78, 5) is 23.5. The van der Waals surface area contributed by atoms with Gasteiger partial charge in [-0.25, -0.2) is 4.99 Å². The summed E-state index contributed by atoms with van der Waals surface area (Å²) in [7, 11) is 3.53. The number of rotatable bonds is 6. The van der Waals surface area contributed by atoms with Crippen molar-refractivity contribution in [3.05, 3.63) is 71.3 Å². The van der Waals surface area contributed by atoms with Crippen LogP contribution >= 0.6 is 24.0 Å². The average Bonchev–Trinajstić information content (AvgIpc) is 3.27. The van der Waals surface area contributed by atoms with E-state index >= 15 is 0 Å². The highest BCUT2D eigenvalue weighted by molar-refractivity contribution is 14.0. The Morgan fingerprint density at radius 2 is 1.82 bits per heavy atom. The molecule has 4 rings (SSSR count). The van der Waals surface area contributed by atoms with E-state index in [1.54, 1.807) is 19.0 Å². The lowest BCUT2D eigenvalue weighted by atomic mass is 10.1. The van der Waals surface area contributed by atoms with Crippen LogP contribution in [-0.2, 0) is 17.8 Å². The number of morpholine rings is 1. The molecule has 2 aromatic carbocycles. The number of nitrogens with zero attached hydrogens (tertiary/aromatic N) is 4. The van der Waals surface area contributed by atoms with Gasteiger partial charge >= 0.3 is 0 Å². The Morgan fingerprint density at radius 3 is 2.50 bits per heavy atom. The third-order valence-electron chi connectivity index (χ3n) is 6.30. The summed E-state index contributed by atoms with van der Waals surface area (Å²) in [6.07, 6.45) is 0.197. The number of amides is 1. The number of ether oxygens (including phenoxy) is 1. The van der Waals surface area contributed by atoms with Gasteiger partial charge in [-0.15, -0.1) is 24.0 Å². The molecule has 7 nitrogen and oxygen atoms in total. The number of nitrogens with one attached hydrogen (secondary N) is 1. The quantitative estimate of drug-likeness (QED) is 0.325. The minimum absolute atomic E-state index is 0. The van der Waals surface area contributed by atoms with Crippen molar-refractivity contribution in [1.29, 1.82) is 0 Å². The van der Waals surface area contributed by atoms with Gasteiger partial charge in [-0.3, -0.25) is 9.69 Å². The standard InChI is InChI=1S/C26H35N5O2.HI/c1-4-27-26(28-16-20-10-12-22(13-11-20)25(32)29(2)3)31-18-23-24(19-31)33-15-14-30(23)17-21-8-6-5-7-9-21;/h5-13,23-24H,4,14-19H2,1-3H3,(H,27,28);1H. The van der Waals surface area contributed by atoms with Gasteiger partial charge in [0.25, 0.3) is 5.91 Å². The molecule has 0 bridgehead atoms. The number of aliphatic imine (C=N–C) groups is 1. The average molecular weight is 578 g/mol. The monoisotopic (exact) mass is 577 g/mol. The molecule has 0 spiro atoms. The van der Waals surface area contributed by atoms with Crippen LogP contribution in [0, 0.1) is 0 Å². The van der Waals surface area contributed by atoms with Crippen molar-refractivity contribution >= 4 is 35.8 Å². The molecule has 2 aromatic rings. The first-order chi connectivity index (χ1) is 16.0. The minimum atomic E-state index is 0. The summed E-state index contributed by atoms with van der Waals surface area (Å²) in [5.41, 5.74) is 3.12. The second kappa shape index (κ2) is 12.5. The first-order valence-corrected chi connectivity index (χ1v) is 11.8. The van der Waals surface area contributed by atoms with E-state index in [0.29, 0.717) is 18.2 Å². The Bertz CT molecular complexity index is 951. The van der Waals surface area contributed by atoms with Gasteiger partial charge in [0.05, 0.1) is 25.3 Å². The van der Waals surface area contributed by atoms with Crippen LogP contribution in [0.5, 0.6) is 0 Å². The highest BCUT2D eigenvalue weighted by Gasteiger charge is 2.41. The van der Waals surface area contributed by atoms with Gasteiger partial charge in [0.1, 0.15) is 0 Å². The minimum Gasteiger partial charge on any atom is -0.373 e. The predicted molar refractivity (Wildman–Crippen MR) is 147 cm³/mol. The fraction of sp³-hybridized carbons (Fsp3) is 0.462. The molecular formula is C26H36IN5O2. The molecular weight excluding hydrogens is 541 g/mol. The van der Waals surface area contributed by atoms with E-state index < -0.39 is 0 Å². The van der Waals surface area contributed by atoms with E-state index in [-0.39, 0.29) is 36.0 Å². The van der Waals surface area contributed by atoms with Crippen LogP contribution in [0.15, 0.2) is 59.6 Å². The Kier molecular flexibility index (Phi) is 9.73. The summed E-state index contributed by atoms with van der Waals surface area (Å²) in [6.45, 7) is 7.90. The SMILES string of the molecule is CCNC(=NCc1ccc(C(=O)N(C)C)cc1)N1CC2OCCN(Cc3ccccc3)C2C1.I. The molecule has 0 saturated carbocycles. The van der Waals surface area contributed by atoms with E-state index in [0.717, 1.165) is 50.9 Å². The van der Waals surface area contributed by atoms with Crippen LogP contribution in [0.1, 0.15) is 28.4 Å². The van der Waals surface area contributed by atoms with E-state index in [4.69, 9.17) is 9.73 Å². The topological polar surface area (TPSA) is 60.4 Å². The molecule has 1 amide bonds. The molecule has 2 atom stereocenters. The third kappa shape index (κ3) is 6.49. The molecule has 184 valence electrons. The molecule has 1 N–H and O–H groups in total. The number of fused-ring (bicyclic) bond motifs is 1. The molecule has 2 aliphatic heterocycles. The molecule has 0 radical (unpaired) electrons. The zero-order chi connectivity index (χ0) is 23.2. The highest BCUT2D eigenvalue weighted by atomic mass is 127. The molecule has 0 aromatic heterocycles. The van der Waals surface area contributed by atoms with Gasteiger partial charge in [-0.2, -0.15) is 0 Å². The molecule has 2 unspecified atom stereocenters. The lowest BCUT2D eigenvalue weighted by molar-refractivity contribution is -0.0502. The van der Waals surface area contributed by atoms with E-state index in [2.05, 4.69) is 52.4 Å². The van der Waals surface area contributed by atoms with Crippen LogP contribution in [0.25, 0.3) is 0 Å². The summed E-state index contributed by atoms with van der Waals surface area (Å²) in [5.74, 6) is 0.932. The maximum atomic E-state index is 12.1. The number of hydrogen-bond donors (Lipinski definition) is 1. The second-order valence-corrected chi connectivity index (χ2v) is 8.90. The van der Waals surface area contributed by atoms with Crippen LogP contribution in [0.3, 0.4) is 0 Å². The van der Waals surface area contributed by atoms with E-state index in [1.165, 1.54) is 5.56 Å². The second-order valence-electron chi connectivity index (χ2n) is 8.90. The Labute approximate surface area is 220 Å². The number of halogens is 1. The Hall–Kier alpha value is -2.17. The normalized spacial score (nSPS) is 20.4. The maximum Gasteiger partial charge on any atom is 0.253 e. The fourth-order valence-corrected chi connectivity index (χ4v) is 4.55. The Balaban J connectivity index is 0.00000324. The summed E-state index contributed by atoms with van der Waals surface area (Å²) in [6, 6.07) is 18.7. The molecule has 0 aliphatic carbocycles. The van der Waals surface area contributed by atoms with Gasteiger partial charge in [0, 0.05) is 52.4 Å². The summed E-state index contributed by atoms with van der Waals surface area (Å²) < 4.78 is 6.14. The van der Waals surface area contributed by atoms with Crippen LogP contribution in [-0.4, -0.2) is 85.6 Å². The van der Waals surface area contributed by atoms with Crippen LogP contribution in [0.4, 0.5) is 0 Å². The lowest BCUT2D eigenvalue weighted by Gasteiger charge is -2.36. The van der Waals surface area contributed by atoms with Gasteiger partial charge in [0.15, 0.2) is 5.96 Å². The third-order valence-corrected chi connectivity index (χ3v) is 6.30. The van der Waals surface area contributed by atoms with Gasteiger partial charge in [-0.1, -0.05) is 42.5 Å². The maximum absolute atomic E-state index is 12.1. The van der Waals surface area contributed by atoms with E-state index in [9.17, 15) is 4.79 Å². The van der Waals surface area contributed by atoms with Gasteiger partial charge in [-0.05, 0) is 30.2 Å². The van der Waals surface area contributed by atoms with Crippen molar-refractivity contribution in [2.75, 3.05) is 46.9 Å². The largest absolute Gasteiger partial charge is 0.373 e. The number of likely N-dealkylation sites (tertiary alicyclic amines) is 1. The van der Waals surface area contributed by atoms with Crippen molar-refractivity contribution in [1.82, 2.24) is 20.0 Å². The lowest BCUT2D eigenvalue weighted by Crippen LogP contribution is -2.50. The molecule has 2 fully saturated rings. The molecule has 2 saturated heterocycles. The van der Waals surface area contributed by atoms with Gasteiger partial charge in [0.2, 0.25) is 0 Å². The number of carbonyl (C=O) groups excluding carboxylic acids is 1. The summed E-state index contributed by atoms with van der Waals surface area (Å²) >= 11 is 0. The molecule has 34 heavy (non-hydrogen) atoms. The van der Waals surface area contributed by atoms with Crippen molar-refractivity contribution in [2.24, 2.45) is 4.99 Å². The van der Waals surface area contributed by atoms with Crippen molar-refractivity contribution < 1.29 is 9.53 Å². The zero-order valence-electron chi connectivity index (χ0n) is 20.3. The van der Waals surface area contributed by atoms with Crippen molar-refractivity contribution in [2.45, 2.75) is 32.2 Å². The zero-order valence-corrected chi connectivity index (χ0v) is 22.6. The first kappa shape index (κ1) is 26.4. The predicted octanol–water partition coefficient (Wildman–Crippen LogP) is 3.06. The fourth-order valence-electron chi connectivity index (χ4n) is 4.55. The van der Waals surface area contributed by atoms with Crippen LogP contribution in [0.2, 0.25) is 0 Å². The smallest absolute Gasteiger partial charge is 0.253 e. The Morgan fingerprint density at radius 1 is 1.09 bits per heavy atom. The number of guanidine groups is 1. The molecule has 2 aliphatic rings. The first-order valence-electron chi connectivity index (χ1n) is 11.8. The van der Waals surface area contributed by atoms with Crippen LogP contribution < -0.4 is 5.32 Å². The highest BCUT2D eigenvalue weighted by Crippen LogP contribution is 2.25. The number of carbonyl (C=O) groups is 1. The molecule has 8 heteroatoms. The molecule has 2 heterocycles.